The fraction of sp³-hybridized carbons (Fsp3) is 0.933. The maximum Gasteiger partial charge on any atom is 0.306 e. The standard InChI is InChI=1S/C45H86O6/c1-6-8-9-10-18-27-32-37-45(48)51-42(39-50-44(47)36-31-26-22-17-13-14-19-23-28-33-40(3)4)38-49-43(46)35-30-25-21-16-12-11-15-20-24-29-34-41(5)7-2/h40-42H,6-39H2,1-5H3/t41?,42-/m1/s1. The van der Waals surface area contributed by atoms with Crippen molar-refractivity contribution in [2.24, 2.45) is 11.8 Å². The summed E-state index contributed by atoms with van der Waals surface area (Å²) >= 11 is 0. The molecule has 0 aromatic heterocycles. The van der Waals surface area contributed by atoms with Gasteiger partial charge in [0.1, 0.15) is 13.2 Å². The molecule has 0 heterocycles. The number of hydrogen-bond acceptors (Lipinski definition) is 6. The van der Waals surface area contributed by atoms with Gasteiger partial charge in [-0.15, -0.1) is 0 Å². The molecule has 0 bridgehead atoms. The minimum absolute atomic E-state index is 0.0658. The summed E-state index contributed by atoms with van der Waals surface area (Å²) in [7, 11) is 0. The quantitative estimate of drug-likeness (QED) is 0.0357. The molecule has 0 spiro atoms. The Morgan fingerprint density at radius 2 is 0.745 bits per heavy atom. The number of carbonyl (C=O) groups excluding carboxylic acids is 3. The molecule has 0 aliphatic rings. The first-order valence-electron chi connectivity index (χ1n) is 22.3. The van der Waals surface area contributed by atoms with Crippen LogP contribution in [0, 0.1) is 11.8 Å². The lowest BCUT2D eigenvalue weighted by Gasteiger charge is -2.18. The van der Waals surface area contributed by atoms with E-state index in [1.165, 1.54) is 128 Å². The Kier molecular flexibility index (Phi) is 37.0. The highest BCUT2D eigenvalue weighted by Crippen LogP contribution is 2.17. The van der Waals surface area contributed by atoms with Crippen LogP contribution in [-0.2, 0) is 28.6 Å². The molecule has 0 aliphatic heterocycles. The Hall–Kier alpha value is -1.59. The molecule has 0 N–H and O–H groups in total. The molecule has 0 aromatic rings. The molecule has 6 nitrogen and oxygen atoms in total. The molecule has 0 rings (SSSR count). The highest BCUT2D eigenvalue weighted by atomic mass is 16.6. The van der Waals surface area contributed by atoms with Gasteiger partial charge in [0.15, 0.2) is 6.10 Å². The van der Waals surface area contributed by atoms with E-state index >= 15 is 0 Å². The van der Waals surface area contributed by atoms with Gasteiger partial charge in [-0.05, 0) is 31.1 Å². The lowest BCUT2D eigenvalue weighted by Crippen LogP contribution is -2.30. The average Bonchev–Trinajstić information content (AvgIpc) is 3.11. The third-order valence-electron chi connectivity index (χ3n) is 10.3. The molecule has 0 aliphatic carbocycles. The summed E-state index contributed by atoms with van der Waals surface area (Å²) in [6.07, 6.45) is 35.2. The molecule has 2 atom stereocenters. The molecule has 0 saturated carbocycles. The second kappa shape index (κ2) is 38.1. The number of ether oxygens (including phenoxy) is 3. The molecule has 6 heteroatoms. The maximum absolute atomic E-state index is 12.6. The maximum atomic E-state index is 12.6. The summed E-state index contributed by atoms with van der Waals surface area (Å²) in [5.41, 5.74) is 0. The first-order valence-corrected chi connectivity index (χ1v) is 22.3. The van der Waals surface area contributed by atoms with E-state index in [1.54, 1.807) is 0 Å². The number of unbranched alkanes of at least 4 members (excludes halogenated alkanes) is 23. The lowest BCUT2D eigenvalue weighted by molar-refractivity contribution is -0.167. The topological polar surface area (TPSA) is 78.9 Å². The van der Waals surface area contributed by atoms with E-state index in [9.17, 15) is 14.4 Å². The largest absolute Gasteiger partial charge is 0.462 e. The molecule has 51 heavy (non-hydrogen) atoms. The number of rotatable bonds is 39. The van der Waals surface area contributed by atoms with Crippen LogP contribution >= 0.6 is 0 Å². The van der Waals surface area contributed by atoms with Gasteiger partial charge in [0, 0.05) is 19.3 Å². The lowest BCUT2D eigenvalue weighted by atomic mass is 9.99. The number of carbonyl (C=O) groups is 3. The van der Waals surface area contributed by atoms with E-state index < -0.39 is 6.10 Å². The van der Waals surface area contributed by atoms with Crippen molar-refractivity contribution in [3.63, 3.8) is 0 Å². The Morgan fingerprint density at radius 1 is 0.412 bits per heavy atom. The van der Waals surface area contributed by atoms with Crippen LogP contribution < -0.4 is 0 Å². The number of hydrogen-bond donors (Lipinski definition) is 0. The third-order valence-corrected chi connectivity index (χ3v) is 10.3. The first kappa shape index (κ1) is 49.4. The van der Waals surface area contributed by atoms with Gasteiger partial charge < -0.3 is 14.2 Å². The highest BCUT2D eigenvalue weighted by molar-refractivity contribution is 5.71. The molecule has 0 amide bonds. The second-order valence-corrected chi connectivity index (χ2v) is 16.1. The summed E-state index contributed by atoms with van der Waals surface area (Å²) < 4.78 is 16.6. The second-order valence-electron chi connectivity index (χ2n) is 16.1. The van der Waals surface area contributed by atoms with Crippen LogP contribution in [0.3, 0.4) is 0 Å². The van der Waals surface area contributed by atoms with Crippen LogP contribution in [0.1, 0.15) is 240 Å². The first-order chi connectivity index (χ1) is 24.8. The van der Waals surface area contributed by atoms with Crippen molar-refractivity contribution in [3.8, 4) is 0 Å². The zero-order valence-corrected chi connectivity index (χ0v) is 34.7. The Morgan fingerprint density at radius 3 is 1.12 bits per heavy atom. The molecule has 0 radical (unpaired) electrons. The monoisotopic (exact) mass is 723 g/mol. The van der Waals surface area contributed by atoms with Crippen LogP contribution in [0.5, 0.6) is 0 Å². The molecular formula is C45H86O6. The van der Waals surface area contributed by atoms with Crippen LogP contribution in [0.4, 0.5) is 0 Å². The summed E-state index contributed by atoms with van der Waals surface area (Å²) in [5, 5.41) is 0. The van der Waals surface area contributed by atoms with Crippen LogP contribution in [0.2, 0.25) is 0 Å². The highest BCUT2D eigenvalue weighted by Gasteiger charge is 2.19. The zero-order valence-electron chi connectivity index (χ0n) is 34.7. The van der Waals surface area contributed by atoms with Gasteiger partial charge in [0.25, 0.3) is 0 Å². The van der Waals surface area contributed by atoms with Gasteiger partial charge in [0.2, 0.25) is 0 Å². The Labute approximate surface area is 317 Å². The summed E-state index contributed by atoms with van der Waals surface area (Å²) in [5.74, 6) is 0.812. The van der Waals surface area contributed by atoms with E-state index in [1.807, 2.05) is 0 Å². The van der Waals surface area contributed by atoms with Crippen LogP contribution in [0.15, 0.2) is 0 Å². The van der Waals surface area contributed by atoms with Crippen molar-refractivity contribution in [1.82, 2.24) is 0 Å². The van der Waals surface area contributed by atoms with Gasteiger partial charge in [-0.2, -0.15) is 0 Å². The molecular weight excluding hydrogens is 636 g/mol. The molecule has 1 unspecified atom stereocenters. The summed E-state index contributed by atoms with van der Waals surface area (Å²) in [6.45, 7) is 11.3. The molecule has 302 valence electrons. The fourth-order valence-electron chi connectivity index (χ4n) is 6.54. The van der Waals surface area contributed by atoms with Crippen LogP contribution in [-0.4, -0.2) is 37.2 Å². The van der Waals surface area contributed by atoms with Crippen molar-refractivity contribution < 1.29 is 28.6 Å². The predicted molar refractivity (Wildman–Crippen MR) is 215 cm³/mol. The van der Waals surface area contributed by atoms with E-state index in [2.05, 4.69) is 34.6 Å². The summed E-state index contributed by atoms with van der Waals surface area (Å²) in [4.78, 5) is 37.5. The van der Waals surface area contributed by atoms with Gasteiger partial charge in [0.05, 0.1) is 0 Å². The Balaban J connectivity index is 4.26. The minimum Gasteiger partial charge on any atom is -0.462 e. The van der Waals surface area contributed by atoms with Gasteiger partial charge >= 0.3 is 17.9 Å². The predicted octanol–water partition coefficient (Wildman–Crippen LogP) is 13.8. The van der Waals surface area contributed by atoms with Crippen molar-refractivity contribution in [3.05, 3.63) is 0 Å². The van der Waals surface area contributed by atoms with E-state index in [0.717, 1.165) is 69.6 Å². The summed E-state index contributed by atoms with van der Waals surface area (Å²) in [6, 6.07) is 0. The van der Waals surface area contributed by atoms with Crippen molar-refractivity contribution in [1.29, 1.82) is 0 Å². The van der Waals surface area contributed by atoms with Gasteiger partial charge in [-0.1, -0.05) is 202 Å². The minimum atomic E-state index is -0.759. The molecule has 0 saturated heterocycles. The molecule has 0 fully saturated rings. The third kappa shape index (κ3) is 38.0. The van der Waals surface area contributed by atoms with Crippen molar-refractivity contribution in [2.75, 3.05) is 13.2 Å². The van der Waals surface area contributed by atoms with Gasteiger partial charge in [-0.3, -0.25) is 14.4 Å². The zero-order chi connectivity index (χ0) is 37.6. The fourth-order valence-corrected chi connectivity index (χ4v) is 6.54. The Bertz CT molecular complexity index is 781. The van der Waals surface area contributed by atoms with Crippen molar-refractivity contribution in [2.45, 2.75) is 246 Å². The van der Waals surface area contributed by atoms with E-state index in [4.69, 9.17) is 14.2 Å². The smallest absolute Gasteiger partial charge is 0.306 e. The van der Waals surface area contributed by atoms with E-state index in [-0.39, 0.29) is 31.1 Å². The normalized spacial score (nSPS) is 12.6. The SMILES string of the molecule is CCCCCCCCCC(=O)O[C@H](COC(=O)CCCCCCCCCCCCC(C)CC)COC(=O)CCCCCCCCCCCC(C)C. The van der Waals surface area contributed by atoms with Crippen LogP contribution in [0.25, 0.3) is 0 Å². The number of esters is 3. The average molecular weight is 723 g/mol. The molecule has 0 aromatic carbocycles. The van der Waals surface area contributed by atoms with Gasteiger partial charge in [-0.25, -0.2) is 0 Å². The van der Waals surface area contributed by atoms with E-state index in [0.29, 0.717) is 19.3 Å². The van der Waals surface area contributed by atoms with Crippen molar-refractivity contribution >= 4 is 17.9 Å².